The Labute approximate surface area is 170 Å². The van der Waals surface area contributed by atoms with Crippen molar-refractivity contribution in [2.45, 2.75) is 6.54 Å². The second kappa shape index (κ2) is 6.75. The van der Waals surface area contributed by atoms with E-state index >= 15 is 0 Å². The molecule has 1 amide bonds. The number of para-hydroxylation sites is 1. The number of hydrogen-bond acceptors (Lipinski definition) is 5. The van der Waals surface area contributed by atoms with E-state index in [0.29, 0.717) is 58.1 Å². The first-order chi connectivity index (χ1) is 14.1. The molecule has 4 aromatic rings. The highest BCUT2D eigenvalue weighted by Gasteiger charge is 2.22. The maximum atomic E-state index is 11.6. The second-order valence-electron chi connectivity index (χ2n) is 6.51. The SMILES string of the molecule is NC(=O)c1ccc2c(c1)-c1nc(-c3ncnn3-c3ccccc3Cl)cn1CCO2. The number of carbonyl (C=O) groups is 1. The normalized spacial score (nSPS) is 12.6. The average Bonchev–Trinajstić information content (AvgIpc) is 3.32. The summed E-state index contributed by atoms with van der Waals surface area (Å²) in [5, 5.41) is 4.88. The zero-order chi connectivity index (χ0) is 20.0. The monoisotopic (exact) mass is 406 g/mol. The van der Waals surface area contributed by atoms with Gasteiger partial charge in [0.1, 0.15) is 30.2 Å². The number of imidazole rings is 1. The minimum atomic E-state index is -0.506. The Bertz CT molecular complexity index is 1250. The van der Waals surface area contributed by atoms with Crippen LogP contribution in [0.15, 0.2) is 55.0 Å². The van der Waals surface area contributed by atoms with E-state index in [-0.39, 0.29) is 0 Å². The third kappa shape index (κ3) is 2.94. The van der Waals surface area contributed by atoms with Gasteiger partial charge in [-0.3, -0.25) is 4.79 Å². The number of rotatable bonds is 3. The van der Waals surface area contributed by atoms with E-state index in [1.54, 1.807) is 28.9 Å². The number of hydrogen-bond donors (Lipinski definition) is 1. The van der Waals surface area contributed by atoms with E-state index in [4.69, 9.17) is 27.1 Å². The Morgan fingerprint density at radius 3 is 2.86 bits per heavy atom. The Morgan fingerprint density at radius 2 is 2.03 bits per heavy atom. The van der Waals surface area contributed by atoms with Crippen LogP contribution in [0.3, 0.4) is 0 Å². The lowest BCUT2D eigenvalue weighted by molar-refractivity contribution is 0.100. The highest BCUT2D eigenvalue weighted by Crippen LogP contribution is 2.34. The van der Waals surface area contributed by atoms with Crippen LogP contribution in [0, 0.1) is 0 Å². The molecule has 5 rings (SSSR count). The van der Waals surface area contributed by atoms with Gasteiger partial charge in [0.25, 0.3) is 0 Å². The maximum Gasteiger partial charge on any atom is 0.248 e. The largest absolute Gasteiger partial charge is 0.491 e. The van der Waals surface area contributed by atoms with Crippen molar-refractivity contribution in [3.8, 4) is 34.3 Å². The minimum Gasteiger partial charge on any atom is -0.491 e. The molecule has 0 atom stereocenters. The lowest BCUT2D eigenvalue weighted by Crippen LogP contribution is -2.11. The molecule has 1 aliphatic rings. The van der Waals surface area contributed by atoms with Crippen LogP contribution in [-0.2, 0) is 6.54 Å². The number of ether oxygens (including phenoxy) is 1. The van der Waals surface area contributed by atoms with Crippen molar-refractivity contribution < 1.29 is 9.53 Å². The predicted molar refractivity (Wildman–Crippen MR) is 107 cm³/mol. The van der Waals surface area contributed by atoms with Crippen LogP contribution in [0.25, 0.3) is 28.6 Å². The Balaban J connectivity index is 1.65. The highest BCUT2D eigenvalue weighted by atomic mass is 35.5. The third-order valence-electron chi connectivity index (χ3n) is 4.73. The molecule has 0 saturated heterocycles. The molecule has 9 heteroatoms. The second-order valence-corrected chi connectivity index (χ2v) is 6.92. The van der Waals surface area contributed by atoms with Crippen LogP contribution in [0.2, 0.25) is 5.02 Å². The van der Waals surface area contributed by atoms with E-state index in [9.17, 15) is 4.79 Å². The van der Waals surface area contributed by atoms with E-state index in [0.717, 1.165) is 0 Å². The number of aromatic nitrogens is 5. The minimum absolute atomic E-state index is 0.393. The van der Waals surface area contributed by atoms with Crippen molar-refractivity contribution in [1.29, 1.82) is 0 Å². The van der Waals surface area contributed by atoms with Gasteiger partial charge in [0.05, 0.1) is 22.8 Å². The Hall–Kier alpha value is -3.65. The fourth-order valence-corrected chi connectivity index (χ4v) is 3.58. The summed E-state index contributed by atoms with van der Waals surface area (Å²) >= 11 is 6.34. The van der Waals surface area contributed by atoms with Gasteiger partial charge in [-0.2, -0.15) is 5.10 Å². The first-order valence-electron chi connectivity index (χ1n) is 8.91. The Morgan fingerprint density at radius 1 is 1.17 bits per heavy atom. The first kappa shape index (κ1) is 17.4. The van der Waals surface area contributed by atoms with E-state index in [2.05, 4.69) is 10.1 Å². The van der Waals surface area contributed by atoms with Crippen molar-refractivity contribution in [3.05, 3.63) is 65.6 Å². The zero-order valence-electron chi connectivity index (χ0n) is 15.1. The van der Waals surface area contributed by atoms with Gasteiger partial charge in [-0.1, -0.05) is 23.7 Å². The van der Waals surface area contributed by atoms with Gasteiger partial charge in [0.15, 0.2) is 5.82 Å². The molecule has 0 radical (unpaired) electrons. The maximum absolute atomic E-state index is 11.6. The molecule has 2 N–H and O–H groups in total. The third-order valence-corrected chi connectivity index (χ3v) is 5.05. The van der Waals surface area contributed by atoms with Gasteiger partial charge in [-0.25, -0.2) is 14.6 Å². The van der Waals surface area contributed by atoms with Crippen LogP contribution >= 0.6 is 11.6 Å². The zero-order valence-corrected chi connectivity index (χ0v) is 15.9. The van der Waals surface area contributed by atoms with Crippen LogP contribution in [0.1, 0.15) is 10.4 Å². The molecule has 1 aliphatic heterocycles. The number of nitrogens with zero attached hydrogens (tertiary/aromatic N) is 5. The molecule has 2 aromatic carbocycles. The fraction of sp³-hybridized carbons (Fsp3) is 0.100. The highest BCUT2D eigenvalue weighted by molar-refractivity contribution is 6.32. The molecule has 0 bridgehead atoms. The molecule has 0 saturated carbocycles. The van der Waals surface area contributed by atoms with E-state index in [1.165, 1.54) is 6.33 Å². The number of benzene rings is 2. The summed E-state index contributed by atoms with van der Waals surface area (Å²) in [5.74, 6) is 1.38. The number of fused-ring (bicyclic) bond motifs is 3. The standard InChI is InChI=1S/C20H15ClN6O2/c21-14-3-1-2-4-16(14)27-20(23-11-24-27)15-10-26-7-8-29-17-6-5-12(18(22)28)9-13(17)19(26)25-15/h1-6,9-11H,7-8H2,(H2,22,28). The smallest absolute Gasteiger partial charge is 0.248 e. The molecule has 8 nitrogen and oxygen atoms in total. The van der Waals surface area contributed by atoms with Gasteiger partial charge < -0.3 is 15.0 Å². The Kier molecular flexibility index (Phi) is 4.06. The van der Waals surface area contributed by atoms with Crippen molar-refractivity contribution >= 4 is 17.5 Å². The van der Waals surface area contributed by atoms with E-state index < -0.39 is 5.91 Å². The number of carbonyl (C=O) groups excluding carboxylic acids is 1. The topological polar surface area (TPSA) is 101 Å². The van der Waals surface area contributed by atoms with Crippen molar-refractivity contribution in [2.24, 2.45) is 5.73 Å². The molecule has 29 heavy (non-hydrogen) atoms. The summed E-state index contributed by atoms with van der Waals surface area (Å²) in [6.07, 6.45) is 3.35. The molecule has 2 aromatic heterocycles. The molecule has 3 heterocycles. The molecule has 0 aliphatic carbocycles. The number of halogens is 1. The summed E-state index contributed by atoms with van der Waals surface area (Å²) in [6.45, 7) is 1.08. The molecular formula is C20H15ClN6O2. The van der Waals surface area contributed by atoms with Crippen LogP contribution in [0.4, 0.5) is 0 Å². The van der Waals surface area contributed by atoms with Gasteiger partial charge >= 0.3 is 0 Å². The summed E-state index contributed by atoms with van der Waals surface area (Å²) in [6, 6.07) is 12.5. The van der Waals surface area contributed by atoms with Crippen LogP contribution < -0.4 is 10.5 Å². The van der Waals surface area contributed by atoms with Crippen molar-refractivity contribution in [3.63, 3.8) is 0 Å². The molecule has 0 unspecified atom stereocenters. The quantitative estimate of drug-likeness (QED) is 0.563. The number of nitrogens with two attached hydrogens (primary N) is 1. The number of primary amides is 1. The van der Waals surface area contributed by atoms with Gasteiger partial charge in [-0.15, -0.1) is 0 Å². The first-order valence-corrected chi connectivity index (χ1v) is 9.29. The molecule has 144 valence electrons. The number of amides is 1. The summed E-state index contributed by atoms with van der Waals surface area (Å²) in [4.78, 5) is 20.8. The lowest BCUT2D eigenvalue weighted by Gasteiger charge is -2.07. The summed E-state index contributed by atoms with van der Waals surface area (Å²) in [5.41, 5.74) is 7.89. The fourth-order valence-electron chi connectivity index (χ4n) is 3.36. The van der Waals surface area contributed by atoms with Crippen molar-refractivity contribution in [1.82, 2.24) is 24.3 Å². The van der Waals surface area contributed by atoms with Gasteiger partial charge in [0, 0.05) is 11.8 Å². The van der Waals surface area contributed by atoms with Crippen LogP contribution in [0.5, 0.6) is 5.75 Å². The summed E-state index contributed by atoms with van der Waals surface area (Å²) in [7, 11) is 0. The van der Waals surface area contributed by atoms with E-state index in [1.807, 2.05) is 29.0 Å². The van der Waals surface area contributed by atoms with Gasteiger partial charge in [-0.05, 0) is 30.3 Å². The lowest BCUT2D eigenvalue weighted by atomic mass is 10.1. The molecular weight excluding hydrogens is 392 g/mol. The van der Waals surface area contributed by atoms with Crippen LogP contribution in [-0.4, -0.2) is 36.8 Å². The predicted octanol–water partition coefficient (Wildman–Crippen LogP) is 2.94. The van der Waals surface area contributed by atoms with Crippen molar-refractivity contribution in [2.75, 3.05) is 6.61 Å². The summed E-state index contributed by atoms with van der Waals surface area (Å²) < 4.78 is 9.42. The molecule has 0 fully saturated rings. The van der Waals surface area contributed by atoms with Gasteiger partial charge in [0.2, 0.25) is 5.91 Å². The molecule has 0 spiro atoms. The average molecular weight is 407 g/mol.